The lowest BCUT2D eigenvalue weighted by Crippen LogP contribution is -2.11. The van der Waals surface area contributed by atoms with Gasteiger partial charge in [-0.05, 0) is 28.6 Å². The van der Waals surface area contributed by atoms with E-state index in [1.165, 1.54) is 16.4 Å². The first-order valence-corrected chi connectivity index (χ1v) is 6.94. The molecule has 9 heteroatoms. The number of carboxylic acid groups (broad SMARTS) is 1. The SMILES string of the molecule is COc1ccc(OC)c(CSc2nnnn2CC(=O)O)c1. The number of tetrazole rings is 1. The van der Waals surface area contributed by atoms with Crippen molar-refractivity contribution in [2.24, 2.45) is 0 Å². The van der Waals surface area contributed by atoms with Crippen molar-refractivity contribution in [3.05, 3.63) is 23.8 Å². The number of benzene rings is 1. The molecule has 0 spiro atoms. The second-order valence-electron chi connectivity index (χ2n) is 3.98. The second kappa shape index (κ2) is 6.93. The zero-order valence-corrected chi connectivity index (χ0v) is 12.3. The summed E-state index contributed by atoms with van der Waals surface area (Å²) in [6.07, 6.45) is 0. The second-order valence-corrected chi connectivity index (χ2v) is 4.92. The van der Waals surface area contributed by atoms with E-state index in [1.54, 1.807) is 14.2 Å². The Morgan fingerprint density at radius 2 is 2.19 bits per heavy atom. The van der Waals surface area contributed by atoms with Crippen molar-refractivity contribution in [1.29, 1.82) is 0 Å². The van der Waals surface area contributed by atoms with E-state index in [2.05, 4.69) is 15.5 Å². The largest absolute Gasteiger partial charge is 0.497 e. The quantitative estimate of drug-likeness (QED) is 0.758. The van der Waals surface area contributed by atoms with Crippen LogP contribution in [-0.2, 0) is 17.1 Å². The predicted octanol–water partition coefficient (Wildman–Crippen LogP) is 1.07. The third-order valence-corrected chi connectivity index (χ3v) is 3.63. The molecule has 2 aromatic rings. The van der Waals surface area contributed by atoms with Crippen LogP contribution in [-0.4, -0.2) is 45.5 Å². The van der Waals surface area contributed by atoms with Crippen molar-refractivity contribution in [1.82, 2.24) is 20.2 Å². The van der Waals surface area contributed by atoms with Crippen molar-refractivity contribution in [2.45, 2.75) is 17.5 Å². The van der Waals surface area contributed by atoms with Crippen LogP contribution < -0.4 is 9.47 Å². The number of methoxy groups -OCH3 is 2. The van der Waals surface area contributed by atoms with Crippen LogP contribution >= 0.6 is 11.8 Å². The Morgan fingerprint density at radius 3 is 2.86 bits per heavy atom. The smallest absolute Gasteiger partial charge is 0.325 e. The molecular weight excluding hydrogens is 296 g/mol. The number of aromatic nitrogens is 4. The van der Waals surface area contributed by atoms with Crippen LogP contribution in [0.1, 0.15) is 5.56 Å². The van der Waals surface area contributed by atoms with E-state index in [9.17, 15) is 4.79 Å². The molecule has 0 aliphatic heterocycles. The van der Waals surface area contributed by atoms with Crippen molar-refractivity contribution >= 4 is 17.7 Å². The highest BCUT2D eigenvalue weighted by molar-refractivity contribution is 7.98. The topological polar surface area (TPSA) is 99.4 Å². The van der Waals surface area contributed by atoms with E-state index in [0.29, 0.717) is 10.9 Å². The van der Waals surface area contributed by atoms with Crippen LogP contribution in [0.5, 0.6) is 11.5 Å². The van der Waals surface area contributed by atoms with Gasteiger partial charge in [-0.2, -0.15) is 0 Å². The Hall–Kier alpha value is -2.29. The summed E-state index contributed by atoms with van der Waals surface area (Å²) in [6.45, 7) is -0.273. The fourth-order valence-corrected chi connectivity index (χ4v) is 2.52. The lowest BCUT2D eigenvalue weighted by atomic mass is 10.2. The molecule has 0 atom stereocenters. The average molecular weight is 310 g/mol. The highest BCUT2D eigenvalue weighted by atomic mass is 32.2. The molecule has 8 nitrogen and oxygen atoms in total. The van der Waals surface area contributed by atoms with Gasteiger partial charge in [0.2, 0.25) is 5.16 Å². The number of nitrogens with zero attached hydrogens (tertiary/aromatic N) is 4. The first-order valence-electron chi connectivity index (χ1n) is 5.95. The Balaban J connectivity index is 2.12. The van der Waals surface area contributed by atoms with Crippen molar-refractivity contribution < 1.29 is 19.4 Å². The van der Waals surface area contributed by atoms with E-state index < -0.39 is 5.97 Å². The maximum Gasteiger partial charge on any atom is 0.325 e. The van der Waals surface area contributed by atoms with Gasteiger partial charge >= 0.3 is 5.97 Å². The molecule has 21 heavy (non-hydrogen) atoms. The van der Waals surface area contributed by atoms with Crippen LogP contribution in [0.3, 0.4) is 0 Å². The molecule has 2 rings (SSSR count). The third-order valence-electron chi connectivity index (χ3n) is 2.63. The molecule has 0 aliphatic carbocycles. The highest BCUT2D eigenvalue weighted by Crippen LogP contribution is 2.29. The van der Waals surface area contributed by atoms with Crippen LogP contribution in [0.2, 0.25) is 0 Å². The number of carbonyl (C=O) groups is 1. The van der Waals surface area contributed by atoms with E-state index in [1.807, 2.05) is 18.2 Å². The monoisotopic (exact) mass is 310 g/mol. The number of hydrogen-bond acceptors (Lipinski definition) is 7. The Labute approximate surface area is 125 Å². The molecule has 112 valence electrons. The zero-order chi connectivity index (χ0) is 15.2. The van der Waals surface area contributed by atoms with Gasteiger partial charge in [0.1, 0.15) is 18.0 Å². The van der Waals surface area contributed by atoms with Crippen molar-refractivity contribution in [3.8, 4) is 11.5 Å². The number of aliphatic carboxylic acids is 1. The summed E-state index contributed by atoms with van der Waals surface area (Å²) in [5.74, 6) is 0.973. The molecule has 0 bridgehead atoms. The molecular formula is C12H14N4O4S. The van der Waals surface area contributed by atoms with E-state index in [-0.39, 0.29) is 6.54 Å². The lowest BCUT2D eigenvalue weighted by molar-refractivity contribution is -0.138. The zero-order valence-electron chi connectivity index (χ0n) is 11.5. The Bertz CT molecular complexity index is 631. The summed E-state index contributed by atoms with van der Waals surface area (Å²) in [5.41, 5.74) is 0.909. The molecule has 1 aromatic carbocycles. The summed E-state index contributed by atoms with van der Waals surface area (Å²) >= 11 is 1.33. The first-order chi connectivity index (χ1) is 10.1. The summed E-state index contributed by atoms with van der Waals surface area (Å²) < 4.78 is 11.7. The van der Waals surface area contributed by atoms with Crippen LogP contribution in [0.15, 0.2) is 23.4 Å². The highest BCUT2D eigenvalue weighted by Gasteiger charge is 2.12. The minimum atomic E-state index is -0.997. The van der Waals surface area contributed by atoms with Crippen LogP contribution in [0, 0.1) is 0 Å². The molecule has 0 unspecified atom stereocenters. The number of thioether (sulfide) groups is 1. The van der Waals surface area contributed by atoms with Gasteiger partial charge < -0.3 is 14.6 Å². The van der Waals surface area contributed by atoms with Gasteiger partial charge in [0.05, 0.1) is 14.2 Å². The van der Waals surface area contributed by atoms with Gasteiger partial charge in [0.25, 0.3) is 0 Å². The maximum absolute atomic E-state index is 10.7. The van der Waals surface area contributed by atoms with Gasteiger partial charge in [-0.3, -0.25) is 4.79 Å². The molecule has 0 amide bonds. The number of hydrogen-bond donors (Lipinski definition) is 1. The van der Waals surface area contributed by atoms with Gasteiger partial charge in [0.15, 0.2) is 0 Å². The molecule has 1 N–H and O–H groups in total. The van der Waals surface area contributed by atoms with Crippen LogP contribution in [0.4, 0.5) is 0 Å². The van der Waals surface area contributed by atoms with E-state index >= 15 is 0 Å². The van der Waals surface area contributed by atoms with Gasteiger partial charge in [-0.25, -0.2) is 4.68 Å². The lowest BCUT2D eigenvalue weighted by Gasteiger charge is -2.09. The van der Waals surface area contributed by atoms with Crippen LogP contribution in [0.25, 0.3) is 0 Å². The summed E-state index contributed by atoms with van der Waals surface area (Å²) in [6, 6.07) is 5.48. The minimum absolute atomic E-state index is 0.273. The first kappa shape index (κ1) is 15.1. The molecule has 1 aromatic heterocycles. The third kappa shape index (κ3) is 3.85. The van der Waals surface area contributed by atoms with Crippen molar-refractivity contribution in [2.75, 3.05) is 14.2 Å². The standard InChI is InChI=1S/C12H14N4O4S/c1-19-9-3-4-10(20-2)8(5-9)7-21-12-13-14-15-16(12)6-11(17)18/h3-5H,6-7H2,1-2H3,(H,17,18). The fourth-order valence-electron chi connectivity index (χ4n) is 1.66. The van der Waals surface area contributed by atoms with Gasteiger partial charge in [-0.15, -0.1) is 5.10 Å². The molecule has 0 fully saturated rings. The molecule has 0 radical (unpaired) electrons. The summed E-state index contributed by atoms with van der Waals surface area (Å²) in [7, 11) is 3.18. The Kier molecular flexibility index (Phi) is 4.99. The molecule has 0 aliphatic rings. The van der Waals surface area contributed by atoms with Crippen molar-refractivity contribution in [3.63, 3.8) is 0 Å². The normalized spacial score (nSPS) is 10.4. The van der Waals surface area contributed by atoms with Gasteiger partial charge in [0, 0.05) is 11.3 Å². The maximum atomic E-state index is 10.7. The average Bonchev–Trinajstić information content (AvgIpc) is 2.91. The summed E-state index contributed by atoms with van der Waals surface area (Å²) in [5, 5.41) is 20.2. The number of carboxylic acids is 1. The summed E-state index contributed by atoms with van der Waals surface area (Å²) in [4.78, 5) is 10.7. The predicted molar refractivity (Wildman–Crippen MR) is 74.6 cm³/mol. The molecule has 1 heterocycles. The Morgan fingerprint density at radius 1 is 1.38 bits per heavy atom. The fraction of sp³-hybridized carbons (Fsp3) is 0.333. The minimum Gasteiger partial charge on any atom is -0.497 e. The number of ether oxygens (including phenoxy) is 2. The van der Waals surface area contributed by atoms with E-state index in [4.69, 9.17) is 14.6 Å². The molecule has 0 saturated heterocycles. The molecule has 0 saturated carbocycles. The number of rotatable bonds is 7. The van der Waals surface area contributed by atoms with Gasteiger partial charge in [-0.1, -0.05) is 11.8 Å². The van der Waals surface area contributed by atoms with E-state index in [0.717, 1.165) is 17.1 Å².